The molecule has 1 atom stereocenters. The second-order valence-electron chi connectivity index (χ2n) is 7.98. The van der Waals surface area contributed by atoms with Crippen molar-refractivity contribution in [3.8, 4) is 17.2 Å². The third kappa shape index (κ3) is 5.23. The number of hydrogen-bond acceptors (Lipinski definition) is 7. The Morgan fingerprint density at radius 1 is 1.00 bits per heavy atom. The monoisotopic (exact) mass is 502 g/mol. The Bertz CT molecular complexity index is 1090. The van der Waals surface area contributed by atoms with Crippen LogP contribution in [-0.4, -0.2) is 74.1 Å². The molecule has 1 aliphatic heterocycles. The molecule has 0 spiro atoms. The van der Waals surface area contributed by atoms with E-state index in [0.29, 0.717) is 46.5 Å². The average Bonchev–Trinajstić information content (AvgIpc) is 3.13. The van der Waals surface area contributed by atoms with Crippen molar-refractivity contribution in [2.24, 2.45) is 0 Å². The fourth-order valence-electron chi connectivity index (χ4n) is 4.27. The SMILES string of the molecule is CCN(CC)CCN1C(=O)C(=O)/C(=C(/O)c2ccc(Cl)cc2)[C@@H]1c1cc(OC)c(OC)c(OC)c1. The molecule has 1 heterocycles. The van der Waals surface area contributed by atoms with Crippen molar-refractivity contribution in [1.82, 2.24) is 9.80 Å². The number of methoxy groups -OCH3 is 3. The van der Waals surface area contributed by atoms with E-state index in [1.54, 1.807) is 36.4 Å². The van der Waals surface area contributed by atoms with Gasteiger partial charge in [0.05, 0.1) is 32.9 Å². The lowest BCUT2D eigenvalue weighted by molar-refractivity contribution is -0.140. The van der Waals surface area contributed by atoms with Gasteiger partial charge in [-0.05, 0) is 55.1 Å². The highest BCUT2D eigenvalue weighted by atomic mass is 35.5. The Labute approximate surface area is 210 Å². The first-order valence-electron chi connectivity index (χ1n) is 11.4. The molecule has 188 valence electrons. The van der Waals surface area contributed by atoms with E-state index < -0.39 is 17.7 Å². The Morgan fingerprint density at radius 3 is 2.06 bits per heavy atom. The number of amides is 1. The molecule has 1 aliphatic rings. The number of hydrogen-bond donors (Lipinski definition) is 1. The summed E-state index contributed by atoms with van der Waals surface area (Å²) in [6.45, 7) is 6.55. The largest absolute Gasteiger partial charge is 0.507 e. The lowest BCUT2D eigenvalue weighted by Gasteiger charge is -2.29. The molecule has 1 fully saturated rings. The number of nitrogens with zero attached hydrogens (tertiary/aromatic N) is 2. The number of carbonyl (C=O) groups excluding carboxylic acids is 2. The quantitative estimate of drug-likeness (QED) is 0.297. The Morgan fingerprint density at radius 2 is 1.57 bits per heavy atom. The van der Waals surface area contributed by atoms with Crippen LogP contribution in [-0.2, 0) is 9.59 Å². The number of ether oxygens (including phenoxy) is 3. The molecule has 9 heteroatoms. The van der Waals surface area contributed by atoms with Gasteiger partial charge in [0, 0.05) is 23.7 Å². The number of likely N-dealkylation sites (tertiary alicyclic amines) is 1. The summed E-state index contributed by atoms with van der Waals surface area (Å²) in [5.41, 5.74) is 0.925. The summed E-state index contributed by atoms with van der Waals surface area (Å²) in [5, 5.41) is 11.7. The molecule has 1 N–H and O–H groups in total. The van der Waals surface area contributed by atoms with E-state index in [4.69, 9.17) is 25.8 Å². The summed E-state index contributed by atoms with van der Waals surface area (Å²) in [6.07, 6.45) is 0. The molecule has 1 amide bonds. The molecule has 0 aliphatic carbocycles. The number of aliphatic hydroxyl groups excluding tert-OH is 1. The molecule has 0 bridgehead atoms. The Hall–Kier alpha value is -3.23. The molecule has 35 heavy (non-hydrogen) atoms. The third-order valence-corrected chi connectivity index (χ3v) is 6.46. The molecule has 0 unspecified atom stereocenters. The first kappa shape index (κ1) is 26.4. The van der Waals surface area contributed by atoms with E-state index in [-0.39, 0.29) is 11.3 Å². The molecule has 3 rings (SSSR count). The summed E-state index contributed by atoms with van der Waals surface area (Å²) in [4.78, 5) is 30.1. The number of benzene rings is 2. The topological polar surface area (TPSA) is 88.5 Å². The van der Waals surface area contributed by atoms with Crippen molar-refractivity contribution in [3.05, 3.63) is 58.1 Å². The highest BCUT2D eigenvalue weighted by molar-refractivity contribution is 6.46. The lowest BCUT2D eigenvalue weighted by atomic mass is 9.94. The van der Waals surface area contributed by atoms with E-state index in [1.165, 1.54) is 26.2 Å². The van der Waals surface area contributed by atoms with Gasteiger partial charge in [-0.25, -0.2) is 0 Å². The average molecular weight is 503 g/mol. The number of carbonyl (C=O) groups is 2. The van der Waals surface area contributed by atoms with Crippen molar-refractivity contribution < 1.29 is 28.9 Å². The van der Waals surface area contributed by atoms with Crippen molar-refractivity contribution in [1.29, 1.82) is 0 Å². The number of likely N-dealkylation sites (N-methyl/N-ethyl adjacent to an activating group) is 1. The van der Waals surface area contributed by atoms with Gasteiger partial charge in [-0.1, -0.05) is 25.4 Å². The van der Waals surface area contributed by atoms with Crippen LogP contribution in [0.1, 0.15) is 31.0 Å². The summed E-state index contributed by atoms with van der Waals surface area (Å²) in [7, 11) is 4.48. The van der Waals surface area contributed by atoms with E-state index in [0.717, 1.165) is 13.1 Å². The number of aliphatic hydroxyl groups is 1. The minimum Gasteiger partial charge on any atom is -0.507 e. The first-order valence-corrected chi connectivity index (χ1v) is 11.8. The van der Waals surface area contributed by atoms with Gasteiger partial charge in [0.25, 0.3) is 11.7 Å². The molecule has 0 saturated carbocycles. The van der Waals surface area contributed by atoms with Crippen LogP contribution in [0, 0.1) is 0 Å². The molecule has 2 aromatic rings. The zero-order valence-electron chi connectivity index (χ0n) is 20.6. The maximum Gasteiger partial charge on any atom is 0.295 e. The maximum atomic E-state index is 13.3. The van der Waals surface area contributed by atoms with Crippen molar-refractivity contribution in [2.75, 3.05) is 47.5 Å². The van der Waals surface area contributed by atoms with E-state index in [2.05, 4.69) is 4.90 Å². The van der Waals surface area contributed by atoms with E-state index >= 15 is 0 Å². The fraction of sp³-hybridized carbons (Fsp3) is 0.385. The predicted molar refractivity (Wildman–Crippen MR) is 134 cm³/mol. The van der Waals surface area contributed by atoms with Gasteiger partial charge < -0.3 is 29.1 Å². The fourth-order valence-corrected chi connectivity index (χ4v) is 4.39. The zero-order chi connectivity index (χ0) is 25.7. The molecular weight excluding hydrogens is 472 g/mol. The number of halogens is 1. The van der Waals surface area contributed by atoms with Gasteiger partial charge in [-0.2, -0.15) is 0 Å². The minimum atomic E-state index is -0.852. The molecule has 0 radical (unpaired) electrons. The van der Waals surface area contributed by atoms with Crippen molar-refractivity contribution >= 4 is 29.1 Å². The van der Waals surface area contributed by atoms with Crippen LogP contribution < -0.4 is 14.2 Å². The second-order valence-corrected chi connectivity index (χ2v) is 8.42. The molecular formula is C26H31ClN2O6. The van der Waals surface area contributed by atoms with Crippen LogP contribution in [0.2, 0.25) is 5.02 Å². The Kier molecular flexibility index (Phi) is 8.64. The summed E-state index contributed by atoms with van der Waals surface area (Å²) in [6, 6.07) is 8.97. The van der Waals surface area contributed by atoms with Crippen LogP contribution in [0.15, 0.2) is 42.0 Å². The minimum absolute atomic E-state index is 0.00820. The van der Waals surface area contributed by atoms with Crippen molar-refractivity contribution in [3.63, 3.8) is 0 Å². The van der Waals surface area contributed by atoms with Crippen LogP contribution in [0.5, 0.6) is 17.2 Å². The van der Waals surface area contributed by atoms with Crippen LogP contribution in [0.3, 0.4) is 0 Å². The second kappa shape index (κ2) is 11.5. The first-order chi connectivity index (χ1) is 16.8. The maximum absolute atomic E-state index is 13.3. The van der Waals surface area contributed by atoms with Gasteiger partial charge in [0.1, 0.15) is 5.76 Å². The standard InChI is InChI=1S/C26H31ClN2O6/c1-6-28(7-2)12-13-29-22(17-14-19(33-3)25(35-5)20(15-17)34-4)21(24(31)26(29)32)23(30)16-8-10-18(27)11-9-16/h8-11,14-15,22,30H,6-7,12-13H2,1-5H3/b23-21+/t22-/m0/s1. The van der Waals surface area contributed by atoms with Crippen LogP contribution >= 0.6 is 11.6 Å². The normalized spacial score (nSPS) is 17.2. The number of Topliss-reactive ketones (excluding diaryl/α,β-unsaturated/α-hetero) is 1. The van der Waals surface area contributed by atoms with Gasteiger partial charge in [-0.15, -0.1) is 0 Å². The highest BCUT2D eigenvalue weighted by Gasteiger charge is 2.46. The molecule has 2 aromatic carbocycles. The molecule has 0 aromatic heterocycles. The molecule has 8 nitrogen and oxygen atoms in total. The summed E-state index contributed by atoms with van der Waals surface area (Å²) in [5.74, 6) is -0.562. The summed E-state index contributed by atoms with van der Waals surface area (Å²) >= 11 is 6.00. The van der Waals surface area contributed by atoms with Crippen LogP contribution in [0.25, 0.3) is 5.76 Å². The van der Waals surface area contributed by atoms with Crippen LogP contribution in [0.4, 0.5) is 0 Å². The van der Waals surface area contributed by atoms with E-state index in [1.807, 2.05) is 13.8 Å². The zero-order valence-corrected chi connectivity index (χ0v) is 21.4. The van der Waals surface area contributed by atoms with E-state index in [9.17, 15) is 14.7 Å². The van der Waals surface area contributed by atoms with Gasteiger partial charge >= 0.3 is 0 Å². The predicted octanol–water partition coefficient (Wildman–Crippen LogP) is 4.13. The van der Waals surface area contributed by atoms with Crippen molar-refractivity contribution in [2.45, 2.75) is 19.9 Å². The molecule has 1 saturated heterocycles. The Balaban J connectivity index is 2.21. The summed E-state index contributed by atoms with van der Waals surface area (Å²) < 4.78 is 16.4. The number of rotatable bonds is 10. The van der Waals surface area contributed by atoms with Gasteiger partial charge in [0.2, 0.25) is 5.75 Å². The third-order valence-electron chi connectivity index (χ3n) is 6.21. The van der Waals surface area contributed by atoms with Gasteiger partial charge in [0.15, 0.2) is 11.5 Å². The highest BCUT2D eigenvalue weighted by Crippen LogP contribution is 2.45. The number of ketones is 1. The lowest BCUT2D eigenvalue weighted by Crippen LogP contribution is -2.38. The smallest absolute Gasteiger partial charge is 0.295 e. The van der Waals surface area contributed by atoms with Gasteiger partial charge in [-0.3, -0.25) is 9.59 Å².